The number of nitrogens with one attached hydrogen (secondary N) is 3. The summed E-state index contributed by atoms with van der Waals surface area (Å²) in [5.74, 6) is 0.671. The van der Waals surface area contributed by atoms with Gasteiger partial charge in [0.2, 0.25) is 0 Å². The first kappa shape index (κ1) is 33.9. The molecule has 0 radical (unpaired) electrons. The predicted octanol–water partition coefficient (Wildman–Crippen LogP) is 5.86. The van der Waals surface area contributed by atoms with E-state index in [1.807, 2.05) is 19.1 Å². The van der Waals surface area contributed by atoms with Gasteiger partial charge in [0.25, 0.3) is 0 Å². The third-order valence-electron chi connectivity index (χ3n) is 6.47. The molecule has 0 unspecified atom stereocenters. The molecule has 3 aromatic carbocycles. The van der Waals surface area contributed by atoms with Crippen molar-refractivity contribution in [2.45, 2.75) is 32.7 Å². The van der Waals surface area contributed by atoms with E-state index in [-0.39, 0.29) is 18.8 Å². The number of hydrogen-bond acceptors (Lipinski definition) is 9. The van der Waals surface area contributed by atoms with Gasteiger partial charge in [-0.15, -0.1) is 0 Å². The molecule has 2 amide bonds. The summed E-state index contributed by atoms with van der Waals surface area (Å²) in [5.41, 5.74) is 5.27. The van der Waals surface area contributed by atoms with E-state index in [0.29, 0.717) is 50.7 Å². The van der Waals surface area contributed by atoms with Crippen molar-refractivity contribution in [1.29, 1.82) is 0 Å². The van der Waals surface area contributed by atoms with Crippen molar-refractivity contribution in [1.82, 2.24) is 16.1 Å². The number of urea groups is 1. The molecule has 45 heavy (non-hydrogen) atoms. The number of aliphatic hydroxyl groups excluding tert-OH is 1. The molecular weight excluding hydrogens is 691 g/mol. The van der Waals surface area contributed by atoms with Crippen LogP contribution in [0.3, 0.4) is 0 Å². The Morgan fingerprint density at radius 2 is 1.87 bits per heavy atom. The van der Waals surface area contributed by atoms with Crippen LogP contribution in [0.1, 0.15) is 36.6 Å². The number of aliphatic hydroxyl groups is 1. The smallest absolute Gasteiger partial charge is 0.337 e. The summed E-state index contributed by atoms with van der Waals surface area (Å²) in [5, 5.41) is 21.0. The van der Waals surface area contributed by atoms with Crippen LogP contribution in [0.25, 0.3) is 0 Å². The molecule has 238 valence electrons. The van der Waals surface area contributed by atoms with Gasteiger partial charge in [0.15, 0.2) is 17.7 Å². The highest BCUT2D eigenvalue weighted by Crippen LogP contribution is 2.35. The van der Waals surface area contributed by atoms with Gasteiger partial charge in [0.05, 0.1) is 31.5 Å². The number of hydrogen-bond donors (Lipinski definition) is 4. The molecule has 1 heterocycles. The molecule has 3 aromatic rings. The summed E-state index contributed by atoms with van der Waals surface area (Å²) in [7, 11) is 1.27. The van der Waals surface area contributed by atoms with Gasteiger partial charge in [-0.1, -0.05) is 51.3 Å². The maximum absolute atomic E-state index is 12.5. The van der Waals surface area contributed by atoms with E-state index in [9.17, 15) is 14.7 Å². The van der Waals surface area contributed by atoms with Gasteiger partial charge in [-0.25, -0.2) is 9.59 Å². The van der Waals surface area contributed by atoms with E-state index in [4.69, 9.17) is 42.1 Å². The number of methoxy groups -OCH3 is 1. The van der Waals surface area contributed by atoms with E-state index < -0.39 is 24.3 Å². The topological polar surface area (TPSA) is 140 Å². The fraction of sp³-hybridized carbons (Fsp3) is 0.258. The average molecular weight is 722 g/mol. The predicted molar refractivity (Wildman–Crippen MR) is 174 cm³/mol. The van der Waals surface area contributed by atoms with E-state index in [1.54, 1.807) is 49.4 Å². The van der Waals surface area contributed by atoms with Crippen LogP contribution in [0.4, 0.5) is 4.79 Å². The third-order valence-corrected chi connectivity index (χ3v) is 7.55. The molecule has 0 aliphatic carbocycles. The zero-order valence-corrected chi connectivity index (χ0v) is 27.6. The Labute approximate surface area is 278 Å². The van der Waals surface area contributed by atoms with E-state index in [1.165, 1.54) is 13.3 Å². The second-order valence-corrected chi connectivity index (χ2v) is 11.4. The van der Waals surface area contributed by atoms with Gasteiger partial charge in [0, 0.05) is 31.3 Å². The maximum Gasteiger partial charge on any atom is 0.337 e. The number of carbonyl (C=O) groups excluding carboxylic acids is 2. The molecule has 0 aromatic heterocycles. The van der Waals surface area contributed by atoms with Gasteiger partial charge in [-0.2, -0.15) is 5.10 Å². The van der Waals surface area contributed by atoms with Crippen molar-refractivity contribution in [3.8, 4) is 17.2 Å². The van der Waals surface area contributed by atoms with Crippen LogP contribution in [-0.2, 0) is 16.1 Å². The lowest BCUT2D eigenvalue weighted by Crippen LogP contribution is -2.45. The summed E-state index contributed by atoms with van der Waals surface area (Å²) in [6, 6.07) is 14.4. The summed E-state index contributed by atoms with van der Waals surface area (Å²) in [4.78, 5) is 24.6. The van der Waals surface area contributed by atoms with Crippen molar-refractivity contribution < 1.29 is 33.6 Å². The zero-order valence-electron chi connectivity index (χ0n) is 24.5. The first-order chi connectivity index (χ1) is 21.6. The molecule has 4 rings (SSSR count). The first-order valence-corrected chi connectivity index (χ1v) is 15.2. The molecular formula is C31H31BrCl2N4O7. The fourth-order valence-corrected chi connectivity index (χ4v) is 5.20. The highest BCUT2D eigenvalue weighted by molar-refractivity contribution is 9.10. The summed E-state index contributed by atoms with van der Waals surface area (Å²) in [6.45, 7) is 3.79. The minimum absolute atomic E-state index is 0.176. The molecule has 0 fully saturated rings. The molecule has 0 saturated carbocycles. The number of esters is 1. The number of hydrazone groups is 1. The molecule has 0 spiro atoms. The number of benzene rings is 3. The molecule has 2 atom stereocenters. The minimum atomic E-state index is -1.18. The van der Waals surface area contributed by atoms with Crippen LogP contribution in [0.5, 0.6) is 17.2 Å². The average Bonchev–Trinajstić information content (AvgIpc) is 3.00. The highest BCUT2D eigenvalue weighted by atomic mass is 79.9. The van der Waals surface area contributed by atoms with Crippen molar-refractivity contribution in [2.24, 2.45) is 5.10 Å². The van der Waals surface area contributed by atoms with Gasteiger partial charge in [-0.05, 0) is 61.9 Å². The number of nitrogens with zero attached hydrogens (tertiary/aromatic N) is 1. The quantitative estimate of drug-likeness (QED) is 0.0746. The van der Waals surface area contributed by atoms with Crippen molar-refractivity contribution in [3.63, 3.8) is 0 Å². The van der Waals surface area contributed by atoms with Crippen LogP contribution < -0.4 is 30.3 Å². The van der Waals surface area contributed by atoms with Gasteiger partial charge in [-0.3, -0.25) is 5.43 Å². The van der Waals surface area contributed by atoms with E-state index in [0.717, 1.165) is 10.0 Å². The second kappa shape index (κ2) is 15.8. The van der Waals surface area contributed by atoms with Gasteiger partial charge < -0.3 is 34.7 Å². The SMILES string of the molecule is CCOc1cc([C@H]2NC(=O)NC(C)=C2C(=O)OC)ccc1OC[C@H](O)N/N=C\c1cc(Br)ccc1OCc1ccc(Cl)cc1Cl. The second-order valence-electron chi connectivity index (χ2n) is 9.62. The Morgan fingerprint density at radius 1 is 1.09 bits per heavy atom. The number of halogens is 3. The van der Waals surface area contributed by atoms with Gasteiger partial charge >= 0.3 is 12.0 Å². The van der Waals surface area contributed by atoms with Gasteiger partial charge in [0.1, 0.15) is 19.0 Å². The first-order valence-electron chi connectivity index (χ1n) is 13.7. The minimum Gasteiger partial charge on any atom is -0.490 e. The Hall–Kier alpha value is -3.97. The lowest BCUT2D eigenvalue weighted by molar-refractivity contribution is -0.136. The monoisotopic (exact) mass is 720 g/mol. The lowest BCUT2D eigenvalue weighted by atomic mass is 9.95. The highest BCUT2D eigenvalue weighted by Gasteiger charge is 2.32. The largest absolute Gasteiger partial charge is 0.490 e. The fourth-order valence-electron chi connectivity index (χ4n) is 4.36. The van der Waals surface area contributed by atoms with E-state index in [2.05, 4.69) is 37.1 Å². The Bertz CT molecular complexity index is 1620. The van der Waals surface area contributed by atoms with Crippen LogP contribution in [0.2, 0.25) is 10.0 Å². The van der Waals surface area contributed by atoms with Crippen molar-refractivity contribution >= 4 is 57.3 Å². The van der Waals surface area contributed by atoms with E-state index >= 15 is 0 Å². The Kier molecular flexibility index (Phi) is 11.9. The molecule has 4 N–H and O–H groups in total. The molecule has 1 aliphatic rings. The standard InChI is InChI=1S/C31H31BrCl2N4O7/c1-4-43-26-12-18(29-28(30(40)42-3)17(2)36-31(41)37-29)6-9-25(26)45-16-27(39)38-35-14-20-11-21(32)7-10-24(20)44-15-19-5-8-22(33)13-23(19)34/h5-14,27,29,38-39H,4,15-16H2,1-3H3,(H2,36,37,41)/b35-14-/t27-,29+/m0/s1. The van der Waals surface area contributed by atoms with Crippen molar-refractivity contribution in [3.05, 3.63) is 97.1 Å². The van der Waals surface area contributed by atoms with Crippen LogP contribution >= 0.6 is 39.1 Å². The molecule has 14 heteroatoms. The number of allylic oxidation sites excluding steroid dienone is 1. The molecule has 0 saturated heterocycles. The number of amides is 2. The number of rotatable bonds is 13. The molecule has 0 bridgehead atoms. The molecule has 1 aliphatic heterocycles. The summed E-state index contributed by atoms with van der Waals surface area (Å²) < 4.78 is 23.3. The van der Waals surface area contributed by atoms with Crippen LogP contribution in [-0.4, -0.2) is 49.9 Å². The Morgan fingerprint density at radius 3 is 2.60 bits per heavy atom. The third kappa shape index (κ3) is 9.04. The summed E-state index contributed by atoms with van der Waals surface area (Å²) in [6.07, 6.45) is 0.328. The normalized spacial score (nSPS) is 15.3. The number of carbonyl (C=O) groups is 2. The lowest BCUT2D eigenvalue weighted by Gasteiger charge is -2.28. The van der Waals surface area contributed by atoms with Crippen molar-refractivity contribution in [2.75, 3.05) is 20.3 Å². The van der Waals surface area contributed by atoms with Crippen LogP contribution in [0, 0.1) is 0 Å². The molecule has 11 nitrogen and oxygen atoms in total. The summed E-state index contributed by atoms with van der Waals surface area (Å²) >= 11 is 15.7. The zero-order chi connectivity index (χ0) is 32.5. The Balaban J connectivity index is 1.41. The maximum atomic E-state index is 12.5. The van der Waals surface area contributed by atoms with Crippen LogP contribution in [0.15, 0.2) is 75.4 Å². The number of ether oxygens (including phenoxy) is 4.